The third kappa shape index (κ3) is 4.79. The Bertz CT molecular complexity index is 983. The van der Waals surface area contributed by atoms with Crippen LogP contribution in [0.15, 0.2) is 67.0 Å². The molecule has 0 saturated heterocycles. The van der Waals surface area contributed by atoms with E-state index >= 15 is 0 Å². The van der Waals surface area contributed by atoms with Crippen LogP contribution in [-0.2, 0) is 6.54 Å². The first-order valence-corrected chi connectivity index (χ1v) is 8.69. The van der Waals surface area contributed by atoms with Crippen LogP contribution < -0.4 is 10.6 Å². The van der Waals surface area contributed by atoms with Gasteiger partial charge in [0.2, 0.25) is 0 Å². The highest BCUT2D eigenvalue weighted by molar-refractivity contribution is 6.05. The number of Topliss-reactive ketones (excluding diaryl/α,β-unsaturated/α-hetero) is 1. The van der Waals surface area contributed by atoms with Gasteiger partial charge >= 0.3 is 0 Å². The van der Waals surface area contributed by atoms with E-state index < -0.39 is 0 Å². The second-order valence-electron chi connectivity index (χ2n) is 6.33. The Hall–Kier alpha value is -3.47. The van der Waals surface area contributed by atoms with Gasteiger partial charge in [-0.25, -0.2) is 0 Å². The molecule has 3 rings (SSSR count). The van der Waals surface area contributed by atoms with E-state index in [1.54, 1.807) is 36.5 Å². The normalized spacial score (nSPS) is 10.3. The topological polar surface area (TPSA) is 71.1 Å². The zero-order valence-corrected chi connectivity index (χ0v) is 15.3. The Kier molecular flexibility index (Phi) is 5.61. The van der Waals surface area contributed by atoms with E-state index in [0.717, 1.165) is 5.69 Å². The van der Waals surface area contributed by atoms with Crippen LogP contribution in [-0.4, -0.2) is 16.7 Å². The smallest absolute Gasteiger partial charge is 0.257 e. The molecule has 0 spiro atoms. The Morgan fingerprint density at radius 1 is 0.926 bits per heavy atom. The summed E-state index contributed by atoms with van der Waals surface area (Å²) in [7, 11) is 0. The van der Waals surface area contributed by atoms with Crippen molar-refractivity contribution in [2.24, 2.45) is 0 Å². The van der Waals surface area contributed by atoms with Crippen LogP contribution in [0.25, 0.3) is 0 Å². The van der Waals surface area contributed by atoms with Crippen molar-refractivity contribution in [3.63, 3.8) is 0 Å². The first kappa shape index (κ1) is 18.3. The second kappa shape index (κ2) is 8.27. The molecule has 0 atom stereocenters. The number of nitrogens with zero attached hydrogens (tertiary/aromatic N) is 1. The number of carbonyl (C=O) groups is 2. The number of hydrogen-bond acceptors (Lipinski definition) is 4. The summed E-state index contributed by atoms with van der Waals surface area (Å²) < 4.78 is 0. The third-order valence-electron chi connectivity index (χ3n) is 4.27. The maximum absolute atomic E-state index is 12.5. The van der Waals surface area contributed by atoms with Gasteiger partial charge in [-0.1, -0.05) is 36.4 Å². The van der Waals surface area contributed by atoms with E-state index in [2.05, 4.69) is 34.7 Å². The molecule has 3 aromatic rings. The minimum Gasteiger partial charge on any atom is -0.380 e. The lowest BCUT2D eigenvalue weighted by Crippen LogP contribution is -2.13. The molecule has 0 fully saturated rings. The number of aryl methyl sites for hydroxylation is 1. The Labute approximate surface area is 158 Å². The van der Waals surface area contributed by atoms with Crippen LogP contribution in [0, 0.1) is 6.92 Å². The summed E-state index contributed by atoms with van der Waals surface area (Å²) in [5.74, 6) is -0.321. The quantitative estimate of drug-likeness (QED) is 0.638. The zero-order chi connectivity index (χ0) is 19.2. The fraction of sp³-hybridized carbons (Fsp3) is 0.136. The van der Waals surface area contributed by atoms with E-state index in [9.17, 15) is 9.59 Å². The number of pyridine rings is 1. The predicted molar refractivity (Wildman–Crippen MR) is 107 cm³/mol. The number of hydrogen-bond donors (Lipinski definition) is 2. The minimum atomic E-state index is -0.275. The predicted octanol–water partition coefficient (Wildman–Crippen LogP) is 4.46. The molecule has 0 aliphatic rings. The van der Waals surface area contributed by atoms with Gasteiger partial charge in [0, 0.05) is 30.2 Å². The molecule has 136 valence electrons. The van der Waals surface area contributed by atoms with Gasteiger partial charge in [0.1, 0.15) is 0 Å². The summed E-state index contributed by atoms with van der Waals surface area (Å²) >= 11 is 0. The lowest BCUT2D eigenvalue weighted by atomic mass is 10.1. The van der Waals surface area contributed by atoms with Crippen LogP contribution in [0.1, 0.15) is 38.8 Å². The molecule has 1 amide bonds. The summed E-state index contributed by atoms with van der Waals surface area (Å²) in [5.41, 5.74) is 4.73. The van der Waals surface area contributed by atoms with Gasteiger partial charge in [-0.3, -0.25) is 14.6 Å². The number of benzene rings is 2. The highest BCUT2D eigenvalue weighted by atomic mass is 16.1. The molecule has 27 heavy (non-hydrogen) atoms. The van der Waals surface area contributed by atoms with E-state index in [-0.39, 0.29) is 11.7 Å². The van der Waals surface area contributed by atoms with Crippen LogP contribution >= 0.6 is 0 Å². The summed E-state index contributed by atoms with van der Waals surface area (Å²) in [6.07, 6.45) is 3.20. The third-order valence-corrected chi connectivity index (χ3v) is 4.27. The van der Waals surface area contributed by atoms with E-state index in [4.69, 9.17) is 0 Å². The second-order valence-corrected chi connectivity index (χ2v) is 6.33. The van der Waals surface area contributed by atoms with Gasteiger partial charge in [-0.2, -0.15) is 0 Å². The molecule has 0 saturated carbocycles. The maximum atomic E-state index is 12.5. The molecule has 0 unspecified atom stereocenters. The average Bonchev–Trinajstić information content (AvgIpc) is 2.68. The van der Waals surface area contributed by atoms with Gasteiger partial charge < -0.3 is 10.6 Å². The Morgan fingerprint density at radius 3 is 2.48 bits per heavy atom. The van der Waals surface area contributed by atoms with Crippen LogP contribution in [0.3, 0.4) is 0 Å². The van der Waals surface area contributed by atoms with Crippen molar-refractivity contribution < 1.29 is 9.59 Å². The highest BCUT2D eigenvalue weighted by Gasteiger charge is 2.09. The van der Waals surface area contributed by atoms with Crippen LogP contribution in [0.4, 0.5) is 11.4 Å². The number of anilines is 2. The van der Waals surface area contributed by atoms with E-state index in [1.807, 2.05) is 12.1 Å². The number of aromatic nitrogens is 1. The molecule has 2 aromatic carbocycles. The first-order chi connectivity index (χ1) is 13.0. The number of ketones is 1. The van der Waals surface area contributed by atoms with Crippen molar-refractivity contribution in [2.45, 2.75) is 20.4 Å². The van der Waals surface area contributed by atoms with Gasteiger partial charge in [0.15, 0.2) is 5.78 Å². The SMILES string of the molecule is CC(=O)c1cccc(NC(=O)c2cncc(NCc3ccccc3C)c2)c1. The van der Waals surface area contributed by atoms with Gasteiger partial charge in [-0.05, 0) is 43.2 Å². The van der Waals surface area contributed by atoms with Crippen molar-refractivity contribution >= 4 is 23.1 Å². The van der Waals surface area contributed by atoms with Gasteiger partial charge in [-0.15, -0.1) is 0 Å². The standard InChI is InChI=1S/C22H21N3O2/c1-15-6-3-4-7-18(15)13-24-21-11-19(12-23-14-21)22(27)25-20-9-5-8-17(10-20)16(2)26/h3-12,14,24H,13H2,1-2H3,(H,25,27). The van der Waals surface area contributed by atoms with Gasteiger partial charge in [0.05, 0.1) is 11.3 Å². The molecule has 5 heteroatoms. The molecule has 0 bridgehead atoms. The lowest BCUT2D eigenvalue weighted by Gasteiger charge is -2.10. The van der Waals surface area contributed by atoms with E-state index in [1.165, 1.54) is 24.2 Å². The molecular weight excluding hydrogens is 338 g/mol. The Balaban J connectivity index is 1.69. The van der Waals surface area contributed by atoms with E-state index in [0.29, 0.717) is 23.4 Å². The molecule has 0 aliphatic carbocycles. The van der Waals surface area contributed by atoms with Gasteiger partial charge in [0.25, 0.3) is 5.91 Å². The van der Waals surface area contributed by atoms with Crippen molar-refractivity contribution in [3.8, 4) is 0 Å². The summed E-state index contributed by atoms with van der Waals surface area (Å²) in [5, 5.41) is 6.10. The largest absolute Gasteiger partial charge is 0.380 e. The highest BCUT2D eigenvalue weighted by Crippen LogP contribution is 2.16. The summed E-state index contributed by atoms with van der Waals surface area (Å²) in [4.78, 5) is 28.1. The molecule has 2 N–H and O–H groups in total. The van der Waals surface area contributed by atoms with Crippen LogP contribution in [0.2, 0.25) is 0 Å². The number of rotatable bonds is 6. The van der Waals surface area contributed by atoms with Crippen molar-refractivity contribution in [3.05, 3.63) is 89.2 Å². The van der Waals surface area contributed by atoms with Crippen LogP contribution in [0.5, 0.6) is 0 Å². The monoisotopic (exact) mass is 359 g/mol. The summed E-state index contributed by atoms with van der Waals surface area (Å²) in [6.45, 7) is 4.21. The number of carbonyl (C=O) groups excluding carboxylic acids is 2. The fourth-order valence-electron chi connectivity index (χ4n) is 2.69. The Morgan fingerprint density at radius 2 is 1.70 bits per heavy atom. The molecule has 1 heterocycles. The molecule has 1 aromatic heterocycles. The number of amides is 1. The van der Waals surface area contributed by atoms with Crippen molar-refractivity contribution in [1.29, 1.82) is 0 Å². The number of nitrogens with one attached hydrogen (secondary N) is 2. The first-order valence-electron chi connectivity index (χ1n) is 8.69. The fourth-order valence-corrected chi connectivity index (χ4v) is 2.69. The molecule has 0 radical (unpaired) electrons. The molecule has 0 aliphatic heterocycles. The minimum absolute atomic E-state index is 0.0461. The average molecular weight is 359 g/mol. The maximum Gasteiger partial charge on any atom is 0.257 e. The lowest BCUT2D eigenvalue weighted by molar-refractivity contribution is 0.101. The zero-order valence-electron chi connectivity index (χ0n) is 15.3. The van der Waals surface area contributed by atoms with Crippen molar-refractivity contribution in [1.82, 2.24) is 4.98 Å². The molecular formula is C22H21N3O2. The molecule has 5 nitrogen and oxygen atoms in total. The van der Waals surface area contributed by atoms with Crippen molar-refractivity contribution in [2.75, 3.05) is 10.6 Å². The summed E-state index contributed by atoms with van der Waals surface area (Å²) in [6, 6.07) is 16.8.